The summed E-state index contributed by atoms with van der Waals surface area (Å²) >= 11 is 0. The Morgan fingerprint density at radius 2 is 1.70 bits per heavy atom. The number of hydrogen-bond acceptors (Lipinski definition) is 3. The standard InChI is InChI=1S/C18H28N2O3/c1-14(20(6)17(22)23-18(2,3)4)12-16(21)19(5)13-15-10-8-7-9-11-15/h7-11,14H,12-13H2,1-6H3. The van der Waals surface area contributed by atoms with E-state index in [4.69, 9.17) is 4.74 Å². The number of rotatable bonds is 5. The van der Waals surface area contributed by atoms with E-state index in [1.165, 1.54) is 4.90 Å². The molecule has 0 heterocycles. The van der Waals surface area contributed by atoms with Gasteiger partial charge in [0, 0.05) is 33.1 Å². The van der Waals surface area contributed by atoms with Gasteiger partial charge in [0.05, 0.1) is 0 Å². The molecule has 0 N–H and O–H groups in total. The summed E-state index contributed by atoms with van der Waals surface area (Å²) < 4.78 is 5.32. The molecule has 1 aromatic rings. The average Bonchev–Trinajstić information content (AvgIpc) is 2.45. The van der Waals surface area contributed by atoms with E-state index < -0.39 is 11.7 Å². The van der Waals surface area contributed by atoms with Crippen LogP contribution in [0, 0.1) is 0 Å². The van der Waals surface area contributed by atoms with Crippen LogP contribution in [-0.4, -0.2) is 47.5 Å². The lowest BCUT2D eigenvalue weighted by Gasteiger charge is -2.29. The van der Waals surface area contributed by atoms with Gasteiger partial charge < -0.3 is 14.5 Å². The summed E-state index contributed by atoms with van der Waals surface area (Å²) in [6.45, 7) is 7.87. The van der Waals surface area contributed by atoms with Crippen LogP contribution >= 0.6 is 0 Å². The van der Waals surface area contributed by atoms with E-state index in [-0.39, 0.29) is 18.4 Å². The first-order valence-corrected chi connectivity index (χ1v) is 7.84. The maximum Gasteiger partial charge on any atom is 0.410 e. The second-order valence-electron chi connectivity index (χ2n) is 6.88. The number of nitrogens with zero attached hydrogens (tertiary/aromatic N) is 2. The molecule has 1 unspecified atom stereocenters. The number of hydrogen-bond donors (Lipinski definition) is 0. The molecule has 1 atom stereocenters. The van der Waals surface area contributed by atoms with Crippen LogP contribution in [0.2, 0.25) is 0 Å². The summed E-state index contributed by atoms with van der Waals surface area (Å²) in [6.07, 6.45) is -0.150. The van der Waals surface area contributed by atoms with Crippen molar-refractivity contribution in [2.24, 2.45) is 0 Å². The molecule has 1 rings (SSSR count). The lowest BCUT2D eigenvalue weighted by molar-refractivity contribution is -0.131. The van der Waals surface area contributed by atoms with Gasteiger partial charge in [-0.3, -0.25) is 4.79 Å². The lowest BCUT2D eigenvalue weighted by Crippen LogP contribution is -2.42. The molecule has 0 radical (unpaired) electrons. The number of benzene rings is 1. The summed E-state index contributed by atoms with van der Waals surface area (Å²) in [7, 11) is 3.43. The van der Waals surface area contributed by atoms with Crippen molar-refractivity contribution in [3.8, 4) is 0 Å². The first-order valence-electron chi connectivity index (χ1n) is 7.84. The zero-order chi connectivity index (χ0) is 17.6. The van der Waals surface area contributed by atoms with E-state index in [1.807, 2.05) is 58.0 Å². The minimum Gasteiger partial charge on any atom is -0.444 e. The summed E-state index contributed by atoms with van der Waals surface area (Å²) in [5.74, 6) is -0.00300. The molecule has 0 aliphatic heterocycles. The van der Waals surface area contributed by atoms with Gasteiger partial charge in [-0.05, 0) is 33.3 Å². The Morgan fingerprint density at radius 3 is 2.22 bits per heavy atom. The molecule has 0 aliphatic carbocycles. The van der Waals surface area contributed by atoms with Crippen molar-refractivity contribution in [1.82, 2.24) is 9.80 Å². The molecular weight excluding hydrogens is 292 g/mol. The van der Waals surface area contributed by atoms with Gasteiger partial charge in [-0.1, -0.05) is 30.3 Å². The number of carbonyl (C=O) groups excluding carboxylic acids is 2. The fourth-order valence-electron chi connectivity index (χ4n) is 2.00. The Hall–Kier alpha value is -2.04. The van der Waals surface area contributed by atoms with Crippen LogP contribution in [0.15, 0.2) is 30.3 Å². The van der Waals surface area contributed by atoms with Crippen LogP contribution in [0.3, 0.4) is 0 Å². The van der Waals surface area contributed by atoms with E-state index in [2.05, 4.69) is 0 Å². The minimum absolute atomic E-state index is 0.00300. The van der Waals surface area contributed by atoms with Crippen molar-refractivity contribution in [2.75, 3.05) is 14.1 Å². The van der Waals surface area contributed by atoms with Gasteiger partial charge in [-0.2, -0.15) is 0 Å². The Labute approximate surface area is 139 Å². The van der Waals surface area contributed by atoms with Crippen LogP contribution in [0.25, 0.3) is 0 Å². The molecule has 0 spiro atoms. The largest absolute Gasteiger partial charge is 0.444 e. The molecule has 0 saturated carbocycles. The van der Waals surface area contributed by atoms with Crippen LogP contribution < -0.4 is 0 Å². The molecule has 0 aliphatic rings. The third kappa shape index (κ3) is 6.72. The smallest absolute Gasteiger partial charge is 0.410 e. The number of ether oxygens (including phenoxy) is 1. The predicted octanol–water partition coefficient (Wildman–Crippen LogP) is 3.29. The van der Waals surface area contributed by atoms with Gasteiger partial charge in [-0.15, -0.1) is 0 Å². The maximum absolute atomic E-state index is 12.3. The molecule has 1 aromatic carbocycles. The molecule has 0 fully saturated rings. The van der Waals surface area contributed by atoms with Crippen LogP contribution in [-0.2, 0) is 16.1 Å². The van der Waals surface area contributed by atoms with Gasteiger partial charge in [0.2, 0.25) is 5.91 Å². The quantitative estimate of drug-likeness (QED) is 0.836. The van der Waals surface area contributed by atoms with Gasteiger partial charge in [0.15, 0.2) is 0 Å². The lowest BCUT2D eigenvalue weighted by atomic mass is 10.1. The minimum atomic E-state index is -0.542. The Kier molecular flexibility index (Phi) is 6.61. The maximum atomic E-state index is 12.3. The topological polar surface area (TPSA) is 49.9 Å². The van der Waals surface area contributed by atoms with E-state index in [9.17, 15) is 9.59 Å². The van der Waals surface area contributed by atoms with Crippen molar-refractivity contribution in [3.63, 3.8) is 0 Å². The second kappa shape index (κ2) is 7.99. The molecule has 2 amide bonds. The van der Waals surface area contributed by atoms with Crippen LogP contribution in [0.1, 0.15) is 39.7 Å². The van der Waals surface area contributed by atoms with Gasteiger partial charge in [0.1, 0.15) is 5.60 Å². The number of amides is 2. The first-order chi connectivity index (χ1) is 10.6. The van der Waals surface area contributed by atoms with Gasteiger partial charge >= 0.3 is 6.09 Å². The van der Waals surface area contributed by atoms with Crippen LogP contribution in [0.5, 0.6) is 0 Å². The summed E-state index contributed by atoms with van der Waals surface area (Å²) in [5.41, 5.74) is 0.538. The molecule has 0 aromatic heterocycles. The van der Waals surface area contributed by atoms with Crippen molar-refractivity contribution in [3.05, 3.63) is 35.9 Å². The Bertz CT molecular complexity index is 523. The first kappa shape index (κ1) is 19.0. The highest BCUT2D eigenvalue weighted by Crippen LogP contribution is 2.13. The second-order valence-corrected chi connectivity index (χ2v) is 6.88. The summed E-state index contributed by atoms with van der Waals surface area (Å²) in [5, 5.41) is 0. The van der Waals surface area contributed by atoms with Crippen molar-refractivity contribution in [1.29, 1.82) is 0 Å². The zero-order valence-corrected chi connectivity index (χ0v) is 15.0. The monoisotopic (exact) mass is 320 g/mol. The van der Waals surface area contributed by atoms with E-state index >= 15 is 0 Å². The summed E-state index contributed by atoms with van der Waals surface area (Å²) in [6, 6.07) is 9.60. The molecule has 0 saturated heterocycles. The zero-order valence-electron chi connectivity index (χ0n) is 15.0. The molecular formula is C18H28N2O3. The van der Waals surface area contributed by atoms with Gasteiger partial charge in [-0.25, -0.2) is 4.79 Å². The van der Waals surface area contributed by atoms with E-state index in [1.54, 1.807) is 19.0 Å². The van der Waals surface area contributed by atoms with Crippen LogP contribution in [0.4, 0.5) is 4.79 Å². The van der Waals surface area contributed by atoms with Crippen molar-refractivity contribution in [2.45, 2.75) is 52.3 Å². The molecule has 5 nitrogen and oxygen atoms in total. The molecule has 128 valence electrons. The third-order valence-electron chi connectivity index (χ3n) is 3.50. The third-order valence-corrected chi connectivity index (χ3v) is 3.50. The molecule has 0 bridgehead atoms. The SMILES string of the molecule is CC(CC(=O)N(C)Cc1ccccc1)N(C)C(=O)OC(C)(C)C. The predicted molar refractivity (Wildman–Crippen MR) is 91.0 cm³/mol. The van der Waals surface area contributed by atoms with E-state index in [0.717, 1.165) is 5.56 Å². The molecule has 5 heteroatoms. The Balaban J connectivity index is 2.53. The Morgan fingerprint density at radius 1 is 1.13 bits per heavy atom. The van der Waals surface area contributed by atoms with Crippen molar-refractivity contribution >= 4 is 12.0 Å². The highest BCUT2D eigenvalue weighted by molar-refractivity contribution is 5.77. The highest BCUT2D eigenvalue weighted by atomic mass is 16.6. The van der Waals surface area contributed by atoms with Crippen molar-refractivity contribution < 1.29 is 14.3 Å². The summed E-state index contributed by atoms with van der Waals surface area (Å²) in [4.78, 5) is 27.5. The fourth-order valence-corrected chi connectivity index (χ4v) is 2.00. The average molecular weight is 320 g/mol. The molecule has 23 heavy (non-hydrogen) atoms. The van der Waals surface area contributed by atoms with E-state index in [0.29, 0.717) is 6.54 Å². The van der Waals surface area contributed by atoms with Gasteiger partial charge in [0.25, 0.3) is 0 Å². The normalized spacial score (nSPS) is 12.4. The fraction of sp³-hybridized carbons (Fsp3) is 0.556. The highest BCUT2D eigenvalue weighted by Gasteiger charge is 2.25. The number of carbonyl (C=O) groups is 2.